The van der Waals surface area contributed by atoms with Crippen molar-refractivity contribution in [3.8, 4) is 0 Å². The number of carboxylic acids is 2. The van der Waals surface area contributed by atoms with Crippen LogP contribution in [0.15, 0.2) is 0 Å². The maximum atomic E-state index is 12.1. The average Bonchev–Trinajstić information content (AvgIpc) is 2.42. The third kappa shape index (κ3) is 5.71. The SMILES string of the molecule is CC(C)N1CCC(C(=O)N[C@@H](CCC(=O)O)C(=O)O)CC1. The highest BCUT2D eigenvalue weighted by Gasteiger charge is 2.29. The van der Waals surface area contributed by atoms with E-state index in [0.29, 0.717) is 18.9 Å². The highest BCUT2D eigenvalue weighted by molar-refractivity contribution is 5.85. The Morgan fingerprint density at radius 3 is 2.19 bits per heavy atom. The van der Waals surface area contributed by atoms with E-state index in [9.17, 15) is 14.4 Å². The number of carboxylic acid groups (broad SMARTS) is 2. The number of piperidine rings is 1. The van der Waals surface area contributed by atoms with Crippen LogP contribution in [0.1, 0.15) is 39.5 Å². The Bertz CT molecular complexity index is 389. The molecule has 7 heteroatoms. The summed E-state index contributed by atoms with van der Waals surface area (Å²) in [5.74, 6) is -2.73. The van der Waals surface area contributed by atoms with E-state index >= 15 is 0 Å². The van der Waals surface area contributed by atoms with Gasteiger partial charge in [-0.3, -0.25) is 9.59 Å². The number of carbonyl (C=O) groups is 3. The Balaban J connectivity index is 2.47. The molecule has 1 aliphatic heterocycles. The van der Waals surface area contributed by atoms with Gasteiger partial charge < -0.3 is 20.4 Å². The van der Waals surface area contributed by atoms with Gasteiger partial charge in [0.2, 0.25) is 5.91 Å². The molecule has 3 N–H and O–H groups in total. The van der Waals surface area contributed by atoms with Gasteiger partial charge in [0, 0.05) is 18.4 Å². The molecule has 0 aromatic rings. The summed E-state index contributed by atoms with van der Waals surface area (Å²) in [5.41, 5.74) is 0. The van der Waals surface area contributed by atoms with Gasteiger partial charge in [0.1, 0.15) is 6.04 Å². The van der Waals surface area contributed by atoms with Crippen LogP contribution in [0.2, 0.25) is 0 Å². The Labute approximate surface area is 124 Å². The predicted molar refractivity (Wildman–Crippen MR) is 75.9 cm³/mol. The van der Waals surface area contributed by atoms with Crippen molar-refractivity contribution in [2.45, 2.75) is 51.6 Å². The molecule has 0 radical (unpaired) electrons. The third-order valence-electron chi connectivity index (χ3n) is 3.89. The second kappa shape index (κ2) is 7.97. The van der Waals surface area contributed by atoms with Crippen molar-refractivity contribution in [1.82, 2.24) is 10.2 Å². The van der Waals surface area contributed by atoms with Crippen LogP contribution in [0.25, 0.3) is 0 Å². The van der Waals surface area contributed by atoms with E-state index < -0.39 is 18.0 Å². The lowest BCUT2D eigenvalue weighted by Crippen LogP contribution is -2.47. The zero-order chi connectivity index (χ0) is 16.0. The maximum absolute atomic E-state index is 12.1. The number of hydrogen-bond donors (Lipinski definition) is 3. The first-order valence-electron chi connectivity index (χ1n) is 7.30. The molecule has 0 aliphatic carbocycles. The molecule has 120 valence electrons. The second-order valence-electron chi connectivity index (χ2n) is 5.74. The summed E-state index contributed by atoms with van der Waals surface area (Å²) < 4.78 is 0. The molecule has 0 saturated carbocycles. The molecule has 0 aromatic heterocycles. The molecule has 0 unspecified atom stereocenters. The summed E-state index contributed by atoms with van der Waals surface area (Å²) in [6, 6.07) is -0.687. The Morgan fingerprint density at radius 2 is 1.76 bits per heavy atom. The summed E-state index contributed by atoms with van der Waals surface area (Å²) in [7, 11) is 0. The zero-order valence-corrected chi connectivity index (χ0v) is 12.5. The summed E-state index contributed by atoms with van der Waals surface area (Å²) in [6.45, 7) is 5.85. The molecule has 0 aromatic carbocycles. The molecular weight excluding hydrogens is 276 g/mol. The van der Waals surface area contributed by atoms with E-state index in [1.165, 1.54) is 0 Å². The molecule has 1 heterocycles. The van der Waals surface area contributed by atoms with Gasteiger partial charge in [0.15, 0.2) is 0 Å². The first-order valence-corrected chi connectivity index (χ1v) is 7.30. The normalized spacial score (nSPS) is 18.4. The lowest BCUT2D eigenvalue weighted by molar-refractivity contribution is -0.144. The highest BCUT2D eigenvalue weighted by Crippen LogP contribution is 2.19. The molecule has 1 amide bonds. The number of hydrogen-bond acceptors (Lipinski definition) is 4. The summed E-state index contributed by atoms with van der Waals surface area (Å²) >= 11 is 0. The largest absolute Gasteiger partial charge is 0.481 e. The van der Waals surface area contributed by atoms with Gasteiger partial charge in [-0.2, -0.15) is 0 Å². The van der Waals surface area contributed by atoms with Crippen LogP contribution >= 0.6 is 0 Å². The summed E-state index contributed by atoms with van der Waals surface area (Å²) in [4.78, 5) is 35.9. The van der Waals surface area contributed by atoms with Crippen LogP contribution in [0, 0.1) is 5.92 Å². The van der Waals surface area contributed by atoms with E-state index in [0.717, 1.165) is 13.1 Å². The van der Waals surface area contributed by atoms with Gasteiger partial charge in [-0.15, -0.1) is 0 Å². The molecule has 1 saturated heterocycles. The molecule has 1 atom stereocenters. The van der Waals surface area contributed by atoms with E-state index in [4.69, 9.17) is 10.2 Å². The summed E-state index contributed by atoms with van der Waals surface area (Å²) in [6.07, 6.45) is 1.04. The second-order valence-corrected chi connectivity index (χ2v) is 5.74. The number of rotatable bonds is 7. The number of nitrogens with one attached hydrogen (secondary N) is 1. The minimum Gasteiger partial charge on any atom is -0.481 e. The van der Waals surface area contributed by atoms with Crippen LogP contribution in [-0.2, 0) is 14.4 Å². The van der Waals surface area contributed by atoms with Crippen LogP contribution in [0.5, 0.6) is 0 Å². The molecule has 0 bridgehead atoms. The molecule has 0 spiro atoms. The van der Waals surface area contributed by atoms with Crippen molar-refractivity contribution in [2.24, 2.45) is 5.92 Å². The first kappa shape index (κ1) is 17.4. The van der Waals surface area contributed by atoms with Crippen LogP contribution in [-0.4, -0.2) is 58.1 Å². The molecule has 1 fully saturated rings. The fourth-order valence-electron chi connectivity index (χ4n) is 2.49. The van der Waals surface area contributed by atoms with Crippen molar-refractivity contribution in [1.29, 1.82) is 0 Å². The Hall–Kier alpha value is -1.63. The maximum Gasteiger partial charge on any atom is 0.326 e. The van der Waals surface area contributed by atoms with Crippen molar-refractivity contribution < 1.29 is 24.6 Å². The van der Waals surface area contributed by atoms with Crippen molar-refractivity contribution >= 4 is 17.8 Å². The molecule has 1 rings (SSSR count). The molecule has 1 aliphatic rings. The van der Waals surface area contributed by atoms with E-state index in [1.807, 2.05) is 0 Å². The van der Waals surface area contributed by atoms with Gasteiger partial charge in [-0.05, 0) is 46.2 Å². The van der Waals surface area contributed by atoms with Crippen molar-refractivity contribution in [2.75, 3.05) is 13.1 Å². The van der Waals surface area contributed by atoms with Gasteiger partial charge in [0.05, 0.1) is 0 Å². The van der Waals surface area contributed by atoms with E-state index in [-0.39, 0.29) is 24.7 Å². The van der Waals surface area contributed by atoms with Crippen LogP contribution in [0.3, 0.4) is 0 Å². The average molecular weight is 300 g/mol. The van der Waals surface area contributed by atoms with Crippen LogP contribution < -0.4 is 5.32 Å². The quantitative estimate of drug-likeness (QED) is 0.633. The Kier molecular flexibility index (Phi) is 6.61. The predicted octanol–water partition coefficient (Wildman–Crippen LogP) is 0.541. The molecular formula is C14H24N2O5. The lowest BCUT2D eigenvalue weighted by Gasteiger charge is -2.34. The van der Waals surface area contributed by atoms with Gasteiger partial charge in [-0.1, -0.05) is 0 Å². The van der Waals surface area contributed by atoms with E-state index in [2.05, 4.69) is 24.1 Å². The van der Waals surface area contributed by atoms with E-state index in [1.54, 1.807) is 0 Å². The minimum atomic E-state index is -1.19. The van der Waals surface area contributed by atoms with Crippen molar-refractivity contribution in [3.63, 3.8) is 0 Å². The number of nitrogens with zero attached hydrogens (tertiary/aromatic N) is 1. The molecule has 21 heavy (non-hydrogen) atoms. The van der Waals surface area contributed by atoms with Gasteiger partial charge >= 0.3 is 11.9 Å². The van der Waals surface area contributed by atoms with Crippen molar-refractivity contribution in [3.05, 3.63) is 0 Å². The summed E-state index contributed by atoms with van der Waals surface area (Å²) in [5, 5.41) is 20.1. The minimum absolute atomic E-state index is 0.0960. The monoisotopic (exact) mass is 300 g/mol. The number of aliphatic carboxylic acids is 2. The topological polar surface area (TPSA) is 107 Å². The third-order valence-corrected chi connectivity index (χ3v) is 3.89. The van der Waals surface area contributed by atoms with Gasteiger partial charge in [0.25, 0.3) is 0 Å². The fourth-order valence-corrected chi connectivity index (χ4v) is 2.49. The Morgan fingerprint density at radius 1 is 1.19 bits per heavy atom. The van der Waals surface area contributed by atoms with Gasteiger partial charge in [-0.25, -0.2) is 4.79 Å². The number of likely N-dealkylation sites (tertiary alicyclic amines) is 1. The highest BCUT2D eigenvalue weighted by atomic mass is 16.4. The standard InChI is InChI=1S/C14H24N2O5/c1-9(2)16-7-5-10(6-8-16)13(19)15-11(14(20)21)3-4-12(17)18/h9-11H,3-8H2,1-2H3,(H,15,19)(H,17,18)(H,20,21)/t11-/m0/s1. The number of amides is 1. The smallest absolute Gasteiger partial charge is 0.326 e. The zero-order valence-electron chi connectivity index (χ0n) is 12.5. The number of carbonyl (C=O) groups excluding carboxylic acids is 1. The fraction of sp³-hybridized carbons (Fsp3) is 0.786. The molecule has 7 nitrogen and oxygen atoms in total. The first-order chi connectivity index (χ1) is 9.81. The van der Waals surface area contributed by atoms with Crippen LogP contribution in [0.4, 0.5) is 0 Å². The lowest BCUT2D eigenvalue weighted by atomic mass is 9.94.